The van der Waals surface area contributed by atoms with Crippen LogP contribution in [0.2, 0.25) is 0 Å². The lowest BCUT2D eigenvalue weighted by Gasteiger charge is -1.98. The Labute approximate surface area is 149 Å². The van der Waals surface area contributed by atoms with Gasteiger partial charge in [-0.2, -0.15) is 0 Å². The highest BCUT2D eigenvalue weighted by atomic mass is 16.5. The van der Waals surface area contributed by atoms with E-state index in [4.69, 9.17) is 9.05 Å². The van der Waals surface area contributed by atoms with Crippen molar-refractivity contribution in [3.05, 3.63) is 84.2 Å². The predicted octanol–water partition coefficient (Wildman–Crippen LogP) is 3.93. The van der Waals surface area contributed by atoms with Crippen molar-refractivity contribution >= 4 is 5.91 Å². The third kappa shape index (κ3) is 3.39. The van der Waals surface area contributed by atoms with Gasteiger partial charge < -0.3 is 14.4 Å². The fourth-order valence-electron chi connectivity index (χ4n) is 2.52. The van der Waals surface area contributed by atoms with Crippen LogP contribution in [0.3, 0.4) is 0 Å². The topological polar surface area (TPSA) is 81.2 Å². The molecule has 2 aromatic heterocycles. The van der Waals surface area contributed by atoms with E-state index in [1.54, 1.807) is 12.1 Å². The molecule has 0 radical (unpaired) electrons. The van der Waals surface area contributed by atoms with Crippen molar-refractivity contribution in [3.63, 3.8) is 0 Å². The molecule has 4 aromatic rings. The fraction of sp³-hybridized carbons (Fsp3) is 0.0500. The average Bonchev–Trinajstić information content (AvgIpc) is 3.37. The summed E-state index contributed by atoms with van der Waals surface area (Å²) in [4.78, 5) is 12.2. The molecule has 2 aromatic carbocycles. The van der Waals surface area contributed by atoms with E-state index in [9.17, 15) is 4.79 Å². The van der Waals surface area contributed by atoms with Crippen molar-refractivity contribution in [1.29, 1.82) is 0 Å². The van der Waals surface area contributed by atoms with E-state index < -0.39 is 0 Å². The number of carbonyl (C=O) groups excluding carboxylic acids is 1. The third-order valence-electron chi connectivity index (χ3n) is 3.85. The van der Waals surface area contributed by atoms with Gasteiger partial charge in [0, 0.05) is 23.3 Å². The Morgan fingerprint density at radius 2 is 1.38 bits per heavy atom. The zero-order chi connectivity index (χ0) is 17.8. The number of benzene rings is 2. The summed E-state index contributed by atoms with van der Waals surface area (Å²) in [5.74, 6) is 0.867. The van der Waals surface area contributed by atoms with Crippen molar-refractivity contribution in [1.82, 2.24) is 15.6 Å². The van der Waals surface area contributed by atoms with E-state index in [0.717, 1.165) is 11.1 Å². The zero-order valence-corrected chi connectivity index (χ0v) is 13.8. The maximum atomic E-state index is 12.2. The molecule has 6 heteroatoms. The summed E-state index contributed by atoms with van der Waals surface area (Å²) in [5, 5.41) is 10.6. The van der Waals surface area contributed by atoms with Gasteiger partial charge in [0.25, 0.3) is 5.91 Å². The standard InChI is InChI=1S/C20H15N3O3/c24-20(17-12-19(26-23-17)15-9-5-2-6-10-15)21-13-16-11-18(25-22-16)14-7-3-1-4-8-14/h1-12H,13H2,(H,21,24). The fourth-order valence-corrected chi connectivity index (χ4v) is 2.52. The summed E-state index contributed by atoms with van der Waals surface area (Å²) in [7, 11) is 0. The second kappa shape index (κ2) is 7.06. The van der Waals surface area contributed by atoms with E-state index >= 15 is 0 Å². The van der Waals surface area contributed by atoms with Gasteiger partial charge in [0.1, 0.15) is 5.69 Å². The molecule has 0 spiro atoms. The van der Waals surface area contributed by atoms with Crippen LogP contribution in [0.4, 0.5) is 0 Å². The molecule has 26 heavy (non-hydrogen) atoms. The maximum Gasteiger partial charge on any atom is 0.273 e. The predicted molar refractivity (Wildman–Crippen MR) is 95.0 cm³/mol. The number of hydrogen-bond acceptors (Lipinski definition) is 5. The molecule has 4 rings (SSSR count). The third-order valence-corrected chi connectivity index (χ3v) is 3.85. The molecule has 128 valence electrons. The van der Waals surface area contributed by atoms with Crippen LogP contribution in [0.25, 0.3) is 22.6 Å². The Balaban J connectivity index is 1.40. The monoisotopic (exact) mass is 345 g/mol. The van der Waals surface area contributed by atoms with E-state index in [-0.39, 0.29) is 18.1 Å². The molecule has 1 amide bonds. The van der Waals surface area contributed by atoms with Crippen LogP contribution in [0, 0.1) is 0 Å². The first-order valence-corrected chi connectivity index (χ1v) is 8.11. The average molecular weight is 345 g/mol. The number of aromatic nitrogens is 2. The SMILES string of the molecule is O=C(NCc1cc(-c2ccccc2)on1)c1cc(-c2ccccc2)on1. The highest BCUT2D eigenvalue weighted by Gasteiger charge is 2.14. The smallest absolute Gasteiger partial charge is 0.273 e. The summed E-state index contributed by atoms with van der Waals surface area (Å²) in [6.45, 7) is 0.239. The lowest BCUT2D eigenvalue weighted by molar-refractivity contribution is 0.0941. The van der Waals surface area contributed by atoms with Crippen LogP contribution >= 0.6 is 0 Å². The number of nitrogens with zero attached hydrogens (tertiary/aromatic N) is 2. The molecule has 0 bridgehead atoms. The molecule has 0 atom stereocenters. The van der Waals surface area contributed by atoms with E-state index in [1.165, 1.54) is 0 Å². The molecule has 0 saturated heterocycles. The van der Waals surface area contributed by atoms with Gasteiger partial charge >= 0.3 is 0 Å². The van der Waals surface area contributed by atoms with E-state index in [2.05, 4.69) is 15.6 Å². The normalized spacial score (nSPS) is 10.6. The first kappa shape index (κ1) is 15.8. The van der Waals surface area contributed by atoms with Crippen LogP contribution in [-0.4, -0.2) is 16.2 Å². The molecule has 0 aliphatic carbocycles. The lowest BCUT2D eigenvalue weighted by Crippen LogP contribution is -2.23. The molecule has 0 aliphatic heterocycles. The quantitative estimate of drug-likeness (QED) is 0.593. The minimum Gasteiger partial charge on any atom is -0.356 e. The number of rotatable bonds is 5. The number of hydrogen-bond donors (Lipinski definition) is 1. The van der Waals surface area contributed by atoms with Crippen LogP contribution in [0.5, 0.6) is 0 Å². The highest BCUT2D eigenvalue weighted by Crippen LogP contribution is 2.21. The van der Waals surface area contributed by atoms with Crippen molar-refractivity contribution in [3.8, 4) is 22.6 Å². The Kier molecular flexibility index (Phi) is 4.30. The number of carbonyl (C=O) groups is 1. The molecule has 0 saturated carbocycles. The van der Waals surface area contributed by atoms with Crippen molar-refractivity contribution in [2.75, 3.05) is 0 Å². The molecular formula is C20H15N3O3. The van der Waals surface area contributed by atoms with Gasteiger partial charge in [-0.25, -0.2) is 0 Å². The van der Waals surface area contributed by atoms with Crippen LogP contribution in [-0.2, 0) is 6.54 Å². The minimum atomic E-state index is -0.333. The highest BCUT2D eigenvalue weighted by molar-refractivity contribution is 5.93. The summed E-state index contributed by atoms with van der Waals surface area (Å²) >= 11 is 0. The van der Waals surface area contributed by atoms with Gasteiger partial charge in [0.2, 0.25) is 0 Å². The van der Waals surface area contributed by atoms with Crippen molar-refractivity contribution < 1.29 is 13.8 Å². The second-order valence-electron chi connectivity index (χ2n) is 5.67. The summed E-state index contributed by atoms with van der Waals surface area (Å²) in [6.07, 6.45) is 0. The molecule has 0 aliphatic rings. The van der Waals surface area contributed by atoms with Gasteiger partial charge in [0.05, 0.1) is 6.54 Å². The Morgan fingerprint density at radius 3 is 2.04 bits per heavy atom. The molecule has 0 unspecified atom stereocenters. The summed E-state index contributed by atoms with van der Waals surface area (Å²) in [6, 6.07) is 22.5. The van der Waals surface area contributed by atoms with Crippen molar-refractivity contribution in [2.24, 2.45) is 0 Å². The van der Waals surface area contributed by atoms with Crippen LogP contribution in [0.15, 0.2) is 81.8 Å². The summed E-state index contributed by atoms with van der Waals surface area (Å²) in [5.41, 5.74) is 2.64. The second-order valence-corrected chi connectivity index (χ2v) is 5.67. The minimum absolute atomic E-state index is 0.218. The Bertz CT molecular complexity index is 1010. The van der Waals surface area contributed by atoms with Gasteiger partial charge in [-0.15, -0.1) is 0 Å². The molecule has 2 heterocycles. The van der Waals surface area contributed by atoms with Crippen LogP contribution < -0.4 is 5.32 Å². The molecular weight excluding hydrogens is 330 g/mol. The summed E-state index contributed by atoms with van der Waals surface area (Å²) < 4.78 is 10.6. The largest absolute Gasteiger partial charge is 0.356 e. The van der Waals surface area contributed by atoms with Gasteiger partial charge in [-0.1, -0.05) is 71.0 Å². The van der Waals surface area contributed by atoms with Crippen molar-refractivity contribution in [2.45, 2.75) is 6.54 Å². The molecule has 1 N–H and O–H groups in total. The first-order chi connectivity index (χ1) is 12.8. The number of amides is 1. The molecule has 0 fully saturated rings. The first-order valence-electron chi connectivity index (χ1n) is 8.11. The number of nitrogens with one attached hydrogen (secondary N) is 1. The van der Waals surface area contributed by atoms with E-state index in [1.807, 2.05) is 60.7 Å². The van der Waals surface area contributed by atoms with Gasteiger partial charge in [0.15, 0.2) is 17.2 Å². The lowest BCUT2D eigenvalue weighted by atomic mass is 10.1. The Hall–Kier alpha value is -3.67. The zero-order valence-electron chi connectivity index (χ0n) is 13.8. The van der Waals surface area contributed by atoms with Crippen LogP contribution in [0.1, 0.15) is 16.2 Å². The van der Waals surface area contributed by atoms with Gasteiger partial charge in [-0.3, -0.25) is 4.79 Å². The van der Waals surface area contributed by atoms with Gasteiger partial charge in [-0.05, 0) is 0 Å². The van der Waals surface area contributed by atoms with E-state index in [0.29, 0.717) is 17.2 Å². The Morgan fingerprint density at radius 1 is 0.808 bits per heavy atom. The molecule has 6 nitrogen and oxygen atoms in total. The maximum absolute atomic E-state index is 12.2.